The van der Waals surface area contributed by atoms with Gasteiger partial charge in [-0.2, -0.15) is 0 Å². The van der Waals surface area contributed by atoms with Crippen LogP contribution in [0.3, 0.4) is 0 Å². The fourth-order valence-electron chi connectivity index (χ4n) is 3.53. The highest BCUT2D eigenvalue weighted by molar-refractivity contribution is 5.83. The minimum absolute atomic E-state index is 0.221. The lowest BCUT2D eigenvalue weighted by atomic mass is 9.88. The lowest BCUT2D eigenvalue weighted by molar-refractivity contribution is -0.130. The summed E-state index contributed by atoms with van der Waals surface area (Å²) in [5.41, 5.74) is 1.13. The van der Waals surface area contributed by atoms with Gasteiger partial charge in [0, 0.05) is 25.7 Å². The standard InChI is InChI=1S/C18H27N3O/c1-18(9-10-19-14-18)17(22)20-16-8-5-11-21(13-16)12-15-6-3-2-4-7-15/h2-4,6-7,16,19H,5,8-14H2,1H3,(H,20,22). The number of hydrogen-bond donors (Lipinski definition) is 2. The van der Waals surface area contributed by atoms with E-state index >= 15 is 0 Å². The molecule has 2 aliphatic rings. The molecule has 4 heteroatoms. The fraction of sp³-hybridized carbons (Fsp3) is 0.611. The smallest absolute Gasteiger partial charge is 0.227 e. The first-order valence-electron chi connectivity index (χ1n) is 8.44. The zero-order chi connectivity index (χ0) is 15.4. The SMILES string of the molecule is CC1(C(=O)NC2CCCN(Cc3ccccc3)C2)CCNC1. The largest absolute Gasteiger partial charge is 0.352 e. The molecule has 2 atom stereocenters. The van der Waals surface area contributed by atoms with Crippen molar-refractivity contribution in [1.29, 1.82) is 0 Å². The van der Waals surface area contributed by atoms with E-state index in [2.05, 4.69) is 52.8 Å². The van der Waals surface area contributed by atoms with E-state index in [1.165, 1.54) is 5.56 Å². The van der Waals surface area contributed by atoms with Crippen molar-refractivity contribution in [1.82, 2.24) is 15.5 Å². The number of carbonyl (C=O) groups is 1. The third-order valence-corrected chi connectivity index (χ3v) is 5.01. The Labute approximate surface area is 133 Å². The number of benzene rings is 1. The van der Waals surface area contributed by atoms with Crippen molar-refractivity contribution in [2.24, 2.45) is 5.41 Å². The zero-order valence-corrected chi connectivity index (χ0v) is 13.5. The summed E-state index contributed by atoms with van der Waals surface area (Å²) in [5, 5.41) is 6.60. The molecule has 2 fully saturated rings. The molecule has 2 aliphatic heterocycles. The quantitative estimate of drug-likeness (QED) is 0.891. The molecular formula is C18H27N3O. The first kappa shape index (κ1) is 15.5. The Morgan fingerprint density at radius 1 is 1.41 bits per heavy atom. The number of carbonyl (C=O) groups excluding carboxylic acids is 1. The van der Waals surface area contributed by atoms with E-state index in [1.54, 1.807) is 0 Å². The van der Waals surface area contributed by atoms with Gasteiger partial charge in [0.1, 0.15) is 0 Å². The van der Waals surface area contributed by atoms with E-state index in [9.17, 15) is 4.79 Å². The molecule has 2 N–H and O–H groups in total. The van der Waals surface area contributed by atoms with Crippen molar-refractivity contribution in [2.45, 2.75) is 38.8 Å². The highest BCUT2D eigenvalue weighted by atomic mass is 16.2. The molecule has 120 valence electrons. The maximum absolute atomic E-state index is 12.5. The van der Waals surface area contributed by atoms with Crippen LogP contribution in [0.2, 0.25) is 0 Å². The number of piperidine rings is 1. The van der Waals surface area contributed by atoms with Crippen molar-refractivity contribution in [3.8, 4) is 0 Å². The normalized spacial score (nSPS) is 29.4. The molecule has 4 nitrogen and oxygen atoms in total. The van der Waals surface area contributed by atoms with Gasteiger partial charge >= 0.3 is 0 Å². The van der Waals surface area contributed by atoms with Crippen molar-refractivity contribution in [3.63, 3.8) is 0 Å². The zero-order valence-electron chi connectivity index (χ0n) is 13.5. The third kappa shape index (κ3) is 3.68. The topological polar surface area (TPSA) is 44.4 Å². The number of hydrogen-bond acceptors (Lipinski definition) is 3. The van der Waals surface area contributed by atoms with Crippen LogP contribution in [0.15, 0.2) is 30.3 Å². The Balaban J connectivity index is 1.53. The molecule has 0 saturated carbocycles. The van der Waals surface area contributed by atoms with E-state index in [0.29, 0.717) is 6.04 Å². The maximum atomic E-state index is 12.5. The Morgan fingerprint density at radius 2 is 2.23 bits per heavy atom. The molecule has 1 aromatic rings. The van der Waals surface area contributed by atoms with E-state index in [-0.39, 0.29) is 11.3 Å². The second-order valence-corrected chi connectivity index (χ2v) is 7.02. The predicted molar refractivity (Wildman–Crippen MR) is 88.5 cm³/mol. The molecule has 0 bridgehead atoms. The van der Waals surface area contributed by atoms with Crippen molar-refractivity contribution in [3.05, 3.63) is 35.9 Å². The highest BCUT2D eigenvalue weighted by Crippen LogP contribution is 2.25. The maximum Gasteiger partial charge on any atom is 0.227 e. The number of likely N-dealkylation sites (tertiary alicyclic amines) is 1. The molecule has 22 heavy (non-hydrogen) atoms. The summed E-state index contributed by atoms with van der Waals surface area (Å²) in [6.07, 6.45) is 3.20. The molecule has 0 spiro atoms. The van der Waals surface area contributed by atoms with Gasteiger partial charge in [-0.3, -0.25) is 9.69 Å². The van der Waals surface area contributed by atoms with Crippen LogP contribution in [-0.4, -0.2) is 43.0 Å². The summed E-state index contributed by atoms with van der Waals surface area (Å²) in [7, 11) is 0. The molecule has 1 aromatic carbocycles. The summed E-state index contributed by atoms with van der Waals surface area (Å²) >= 11 is 0. The van der Waals surface area contributed by atoms with E-state index in [4.69, 9.17) is 0 Å². The number of rotatable bonds is 4. The first-order chi connectivity index (χ1) is 10.7. The van der Waals surface area contributed by atoms with Gasteiger partial charge in [-0.05, 0) is 44.8 Å². The summed E-state index contributed by atoms with van der Waals surface area (Å²) in [4.78, 5) is 15.0. The van der Waals surface area contributed by atoms with Crippen molar-refractivity contribution >= 4 is 5.91 Å². The average Bonchev–Trinajstić information content (AvgIpc) is 2.97. The predicted octanol–water partition coefficient (Wildman–Crippen LogP) is 1.77. The minimum Gasteiger partial charge on any atom is -0.352 e. The summed E-state index contributed by atoms with van der Waals surface area (Å²) in [6.45, 7) is 6.90. The number of nitrogens with one attached hydrogen (secondary N) is 2. The van der Waals surface area contributed by atoms with Gasteiger partial charge < -0.3 is 10.6 Å². The fourth-order valence-corrected chi connectivity index (χ4v) is 3.53. The lowest BCUT2D eigenvalue weighted by Gasteiger charge is -2.35. The van der Waals surface area contributed by atoms with Crippen LogP contribution in [0, 0.1) is 5.41 Å². The Morgan fingerprint density at radius 3 is 2.95 bits per heavy atom. The van der Waals surface area contributed by atoms with Crippen molar-refractivity contribution < 1.29 is 4.79 Å². The van der Waals surface area contributed by atoms with Gasteiger partial charge in [-0.25, -0.2) is 0 Å². The molecule has 0 radical (unpaired) electrons. The Bertz CT molecular complexity index is 496. The van der Waals surface area contributed by atoms with E-state index < -0.39 is 0 Å². The molecule has 0 aromatic heterocycles. The second kappa shape index (κ2) is 6.80. The average molecular weight is 301 g/mol. The summed E-state index contributed by atoms with van der Waals surface area (Å²) in [6, 6.07) is 10.9. The van der Waals surface area contributed by atoms with Gasteiger partial charge in [0.15, 0.2) is 0 Å². The number of amides is 1. The van der Waals surface area contributed by atoms with Crippen LogP contribution >= 0.6 is 0 Å². The van der Waals surface area contributed by atoms with Gasteiger partial charge in [0.05, 0.1) is 5.41 Å². The van der Waals surface area contributed by atoms with Crippen LogP contribution in [0.25, 0.3) is 0 Å². The summed E-state index contributed by atoms with van der Waals surface area (Å²) < 4.78 is 0. The third-order valence-electron chi connectivity index (χ3n) is 5.01. The van der Waals surface area contributed by atoms with Crippen LogP contribution in [-0.2, 0) is 11.3 Å². The van der Waals surface area contributed by atoms with Gasteiger partial charge in [-0.15, -0.1) is 0 Å². The Kier molecular flexibility index (Phi) is 4.79. The monoisotopic (exact) mass is 301 g/mol. The van der Waals surface area contributed by atoms with Gasteiger partial charge in [-0.1, -0.05) is 30.3 Å². The van der Waals surface area contributed by atoms with Crippen molar-refractivity contribution in [2.75, 3.05) is 26.2 Å². The molecule has 2 unspecified atom stereocenters. The van der Waals surface area contributed by atoms with Crippen LogP contribution in [0.5, 0.6) is 0 Å². The van der Waals surface area contributed by atoms with Crippen LogP contribution in [0.1, 0.15) is 31.7 Å². The molecule has 2 saturated heterocycles. The molecule has 1 amide bonds. The van der Waals surface area contributed by atoms with Gasteiger partial charge in [0.25, 0.3) is 0 Å². The van der Waals surface area contributed by atoms with E-state index in [1.807, 2.05) is 0 Å². The molecule has 0 aliphatic carbocycles. The molecular weight excluding hydrogens is 274 g/mol. The summed E-state index contributed by atoms with van der Waals surface area (Å²) in [5.74, 6) is 0.226. The lowest BCUT2D eigenvalue weighted by Crippen LogP contribution is -2.51. The molecule has 2 heterocycles. The minimum atomic E-state index is -0.221. The van der Waals surface area contributed by atoms with Crippen LogP contribution in [0.4, 0.5) is 0 Å². The Hall–Kier alpha value is -1.39. The first-order valence-corrected chi connectivity index (χ1v) is 8.44. The highest BCUT2D eigenvalue weighted by Gasteiger charge is 2.37. The van der Waals surface area contributed by atoms with Crippen LogP contribution < -0.4 is 10.6 Å². The number of nitrogens with zero attached hydrogens (tertiary/aromatic N) is 1. The van der Waals surface area contributed by atoms with Gasteiger partial charge in [0.2, 0.25) is 5.91 Å². The molecule has 3 rings (SSSR count). The van der Waals surface area contributed by atoms with E-state index in [0.717, 1.165) is 52.0 Å². The second-order valence-electron chi connectivity index (χ2n) is 7.02.